The van der Waals surface area contributed by atoms with E-state index in [1.807, 2.05) is 27.7 Å². The van der Waals surface area contributed by atoms with Crippen molar-refractivity contribution in [3.8, 4) is 0 Å². The summed E-state index contributed by atoms with van der Waals surface area (Å²) in [6, 6.07) is 0. The molecule has 1 aliphatic rings. The number of ether oxygens (including phenoxy) is 1. The van der Waals surface area contributed by atoms with Crippen LogP contribution in [0.1, 0.15) is 34.1 Å². The van der Waals surface area contributed by atoms with Crippen LogP contribution in [-0.2, 0) is 4.74 Å². The number of nitrogens with one attached hydrogen (secondary N) is 1. The molecule has 0 radical (unpaired) electrons. The summed E-state index contributed by atoms with van der Waals surface area (Å²) in [4.78, 5) is 13.6. The molecule has 3 N–H and O–H groups in total. The molecule has 98 valence electrons. The SMILES string of the molecule is CC1CN(C(=O)OC(C)(C)C)CCC1C(=N)N. The van der Waals surface area contributed by atoms with Crippen LogP contribution in [0.2, 0.25) is 0 Å². The van der Waals surface area contributed by atoms with Gasteiger partial charge in [0.05, 0.1) is 5.84 Å². The van der Waals surface area contributed by atoms with Gasteiger partial charge in [0.15, 0.2) is 0 Å². The Hall–Kier alpha value is -1.26. The zero-order chi connectivity index (χ0) is 13.2. The predicted molar refractivity (Wildman–Crippen MR) is 67.0 cm³/mol. The Morgan fingerprint density at radius 3 is 2.47 bits per heavy atom. The molecule has 0 aliphatic carbocycles. The maximum Gasteiger partial charge on any atom is 0.410 e. The van der Waals surface area contributed by atoms with Crippen LogP contribution in [0.15, 0.2) is 0 Å². The Morgan fingerprint density at radius 2 is 2.06 bits per heavy atom. The number of hydrogen-bond donors (Lipinski definition) is 2. The van der Waals surface area contributed by atoms with Gasteiger partial charge in [0.25, 0.3) is 0 Å². The zero-order valence-electron chi connectivity index (χ0n) is 11.1. The van der Waals surface area contributed by atoms with E-state index >= 15 is 0 Å². The fourth-order valence-corrected chi connectivity index (χ4v) is 2.10. The lowest BCUT2D eigenvalue weighted by Gasteiger charge is -2.37. The second-order valence-electron chi connectivity index (χ2n) is 5.75. The highest BCUT2D eigenvalue weighted by atomic mass is 16.6. The summed E-state index contributed by atoms with van der Waals surface area (Å²) in [7, 11) is 0. The summed E-state index contributed by atoms with van der Waals surface area (Å²) in [6.45, 7) is 8.81. The van der Waals surface area contributed by atoms with Gasteiger partial charge in [-0.1, -0.05) is 6.92 Å². The normalized spacial score (nSPS) is 25.5. The number of hydrogen-bond acceptors (Lipinski definition) is 3. The molecule has 0 bridgehead atoms. The van der Waals surface area contributed by atoms with E-state index in [0.717, 1.165) is 6.42 Å². The number of likely N-dealkylation sites (tertiary alicyclic amines) is 1. The van der Waals surface area contributed by atoms with Crippen LogP contribution in [-0.4, -0.2) is 35.5 Å². The van der Waals surface area contributed by atoms with E-state index < -0.39 is 5.60 Å². The van der Waals surface area contributed by atoms with Crippen LogP contribution in [0.4, 0.5) is 4.79 Å². The second-order valence-corrected chi connectivity index (χ2v) is 5.75. The third-order valence-corrected chi connectivity index (χ3v) is 2.96. The lowest BCUT2D eigenvalue weighted by molar-refractivity contribution is 0.0149. The topological polar surface area (TPSA) is 79.4 Å². The quantitative estimate of drug-likeness (QED) is 0.543. The fraction of sp³-hybridized carbons (Fsp3) is 0.833. The standard InChI is InChI=1S/C12H23N3O2/c1-8-7-15(6-5-9(8)10(13)14)11(16)17-12(2,3)4/h8-9H,5-7H2,1-4H3,(H3,13,14). The first-order chi connectivity index (χ1) is 7.70. The molecule has 1 amide bonds. The molecule has 0 aromatic rings. The average molecular weight is 241 g/mol. The van der Waals surface area contributed by atoms with Crippen LogP contribution in [0.5, 0.6) is 0 Å². The fourth-order valence-electron chi connectivity index (χ4n) is 2.10. The van der Waals surface area contributed by atoms with E-state index in [0.29, 0.717) is 13.1 Å². The molecule has 0 aromatic carbocycles. The third-order valence-electron chi connectivity index (χ3n) is 2.96. The minimum Gasteiger partial charge on any atom is -0.444 e. The van der Waals surface area contributed by atoms with Gasteiger partial charge in [-0.05, 0) is 33.1 Å². The molecule has 5 heteroatoms. The highest BCUT2D eigenvalue weighted by Crippen LogP contribution is 2.24. The number of piperidine rings is 1. The molecular formula is C12H23N3O2. The molecule has 0 spiro atoms. The van der Waals surface area contributed by atoms with Gasteiger partial charge in [-0.25, -0.2) is 4.79 Å². The number of amidine groups is 1. The Kier molecular flexibility index (Phi) is 4.01. The molecule has 2 unspecified atom stereocenters. The minimum absolute atomic E-state index is 0.0914. The zero-order valence-corrected chi connectivity index (χ0v) is 11.1. The summed E-state index contributed by atoms with van der Waals surface area (Å²) in [5.41, 5.74) is 5.07. The van der Waals surface area contributed by atoms with Crippen LogP contribution < -0.4 is 5.73 Å². The van der Waals surface area contributed by atoms with Gasteiger partial charge in [-0.15, -0.1) is 0 Å². The van der Waals surface area contributed by atoms with Gasteiger partial charge in [-0.3, -0.25) is 5.41 Å². The van der Waals surface area contributed by atoms with Gasteiger partial charge in [-0.2, -0.15) is 0 Å². The second kappa shape index (κ2) is 4.94. The van der Waals surface area contributed by atoms with Crippen LogP contribution >= 0.6 is 0 Å². The lowest BCUT2D eigenvalue weighted by Crippen LogP contribution is -2.47. The Labute approximate surface area is 103 Å². The van der Waals surface area contributed by atoms with Crippen molar-refractivity contribution in [2.24, 2.45) is 17.6 Å². The molecule has 17 heavy (non-hydrogen) atoms. The van der Waals surface area contributed by atoms with Crippen molar-refractivity contribution in [2.75, 3.05) is 13.1 Å². The van der Waals surface area contributed by atoms with Gasteiger partial charge in [0.1, 0.15) is 5.60 Å². The summed E-state index contributed by atoms with van der Waals surface area (Å²) < 4.78 is 5.32. The molecule has 2 atom stereocenters. The molecule has 0 saturated carbocycles. The van der Waals surface area contributed by atoms with Crippen LogP contribution in [0, 0.1) is 17.2 Å². The summed E-state index contributed by atoms with van der Waals surface area (Å²) in [6.07, 6.45) is 0.474. The van der Waals surface area contributed by atoms with Gasteiger partial charge in [0, 0.05) is 19.0 Å². The number of rotatable bonds is 1. The number of nitrogens with zero attached hydrogens (tertiary/aromatic N) is 1. The van der Waals surface area contributed by atoms with E-state index in [-0.39, 0.29) is 23.8 Å². The molecule has 5 nitrogen and oxygen atoms in total. The molecule has 1 rings (SSSR count). The first-order valence-corrected chi connectivity index (χ1v) is 6.02. The Morgan fingerprint density at radius 1 is 1.47 bits per heavy atom. The van der Waals surface area contributed by atoms with Crippen LogP contribution in [0.25, 0.3) is 0 Å². The van der Waals surface area contributed by atoms with Crippen molar-refractivity contribution in [1.82, 2.24) is 4.90 Å². The number of carbonyl (C=O) groups excluding carboxylic acids is 1. The molecular weight excluding hydrogens is 218 g/mol. The molecule has 1 saturated heterocycles. The van der Waals surface area contributed by atoms with E-state index in [9.17, 15) is 4.79 Å². The number of nitrogens with two attached hydrogens (primary N) is 1. The van der Waals surface area contributed by atoms with Crippen molar-refractivity contribution in [3.05, 3.63) is 0 Å². The third kappa shape index (κ3) is 3.91. The molecule has 1 aliphatic heterocycles. The van der Waals surface area contributed by atoms with Gasteiger partial charge in [0.2, 0.25) is 0 Å². The predicted octanol–water partition coefficient (Wildman–Crippen LogP) is 1.82. The van der Waals surface area contributed by atoms with Gasteiger partial charge < -0.3 is 15.4 Å². The molecule has 1 fully saturated rings. The maximum atomic E-state index is 11.9. The average Bonchev–Trinajstić information content (AvgIpc) is 2.14. The van der Waals surface area contributed by atoms with Crippen molar-refractivity contribution in [1.29, 1.82) is 5.41 Å². The van der Waals surface area contributed by atoms with Gasteiger partial charge >= 0.3 is 6.09 Å². The van der Waals surface area contributed by atoms with Crippen LogP contribution in [0.3, 0.4) is 0 Å². The first kappa shape index (κ1) is 13.8. The number of carbonyl (C=O) groups is 1. The highest BCUT2D eigenvalue weighted by Gasteiger charge is 2.32. The first-order valence-electron chi connectivity index (χ1n) is 6.02. The Bertz CT molecular complexity index is 309. The van der Waals surface area contributed by atoms with Crippen molar-refractivity contribution in [2.45, 2.75) is 39.7 Å². The summed E-state index contributed by atoms with van der Waals surface area (Å²) >= 11 is 0. The summed E-state index contributed by atoms with van der Waals surface area (Å²) in [5.74, 6) is 0.531. The molecule has 0 aromatic heterocycles. The number of amides is 1. The lowest BCUT2D eigenvalue weighted by atomic mass is 9.86. The summed E-state index contributed by atoms with van der Waals surface area (Å²) in [5, 5.41) is 7.48. The maximum absolute atomic E-state index is 11.9. The van der Waals surface area contributed by atoms with Crippen molar-refractivity contribution in [3.63, 3.8) is 0 Å². The monoisotopic (exact) mass is 241 g/mol. The smallest absolute Gasteiger partial charge is 0.410 e. The Balaban J connectivity index is 2.55. The van der Waals surface area contributed by atoms with E-state index in [2.05, 4.69) is 0 Å². The minimum atomic E-state index is -0.461. The largest absolute Gasteiger partial charge is 0.444 e. The molecule has 1 heterocycles. The van der Waals surface area contributed by atoms with E-state index in [4.69, 9.17) is 15.9 Å². The van der Waals surface area contributed by atoms with Crippen molar-refractivity contribution >= 4 is 11.9 Å². The van der Waals surface area contributed by atoms with Crippen molar-refractivity contribution < 1.29 is 9.53 Å². The van der Waals surface area contributed by atoms with E-state index in [1.165, 1.54) is 0 Å². The van der Waals surface area contributed by atoms with E-state index in [1.54, 1.807) is 4.90 Å². The highest BCUT2D eigenvalue weighted by molar-refractivity contribution is 5.80.